The maximum atomic E-state index is 12.6. The van der Waals surface area contributed by atoms with Crippen LogP contribution in [0.2, 0.25) is 0 Å². The zero-order chi connectivity index (χ0) is 20.7. The van der Waals surface area contributed by atoms with E-state index in [0.717, 1.165) is 29.7 Å². The van der Waals surface area contributed by atoms with Gasteiger partial charge in [-0.25, -0.2) is 13.4 Å². The lowest BCUT2D eigenvalue weighted by atomic mass is 10.2. The fourth-order valence-electron chi connectivity index (χ4n) is 3.45. The second kappa shape index (κ2) is 7.55. The summed E-state index contributed by atoms with van der Waals surface area (Å²) in [6.07, 6.45) is -3.17. The molecule has 1 aliphatic heterocycles. The molecular formula is C18H19F3N2O3S2. The summed E-state index contributed by atoms with van der Waals surface area (Å²) in [6.45, 7) is 3.62. The highest BCUT2D eigenvalue weighted by atomic mass is 32.2. The third-order valence-electron chi connectivity index (χ3n) is 4.77. The lowest BCUT2D eigenvalue weighted by molar-refractivity contribution is -0.137. The average molecular weight is 432 g/mol. The zero-order valence-electron chi connectivity index (χ0n) is 15.3. The molecule has 0 aliphatic carbocycles. The smallest absolute Gasteiger partial charge is 0.344 e. The Morgan fingerprint density at radius 3 is 2.57 bits per heavy atom. The molecule has 0 N–H and O–H groups in total. The van der Waals surface area contributed by atoms with Gasteiger partial charge in [-0.2, -0.15) is 13.2 Å². The monoisotopic (exact) mass is 432 g/mol. The molecule has 0 radical (unpaired) electrons. The van der Waals surface area contributed by atoms with E-state index in [4.69, 9.17) is 0 Å². The number of sulfone groups is 1. The van der Waals surface area contributed by atoms with Crippen LogP contribution in [-0.2, 0) is 16.0 Å². The minimum Gasteiger partial charge on any atom is -0.344 e. The summed E-state index contributed by atoms with van der Waals surface area (Å²) in [4.78, 5) is 16.4. The molecule has 0 spiro atoms. The van der Waals surface area contributed by atoms with Crippen LogP contribution < -0.4 is 0 Å². The second-order valence-electron chi connectivity index (χ2n) is 6.81. The Balaban J connectivity index is 1.71. The number of aryl methyl sites for hydroxylation is 1. The first-order valence-corrected chi connectivity index (χ1v) is 11.4. The van der Waals surface area contributed by atoms with E-state index in [2.05, 4.69) is 4.98 Å². The number of hydrogen-bond donors (Lipinski definition) is 0. The largest absolute Gasteiger partial charge is 0.417 e. The van der Waals surface area contributed by atoms with Crippen molar-refractivity contribution in [2.75, 3.05) is 17.3 Å². The van der Waals surface area contributed by atoms with Crippen LogP contribution in [0.3, 0.4) is 0 Å². The summed E-state index contributed by atoms with van der Waals surface area (Å²) in [5.41, 5.74) is 1.20. The summed E-state index contributed by atoms with van der Waals surface area (Å²) in [5, 5.41) is 0.331. The maximum Gasteiger partial charge on any atom is 0.417 e. The third-order valence-corrected chi connectivity index (χ3v) is 7.47. The van der Waals surface area contributed by atoms with E-state index in [1.165, 1.54) is 6.07 Å². The molecule has 1 aliphatic rings. The standard InChI is InChI=1S/C18H19F3N2O3S2/c1-11-7-15(12(2)23(11)14-5-6-28(25,26)10-14)16(24)9-27-17-4-3-13(8-22-17)18(19,20)21/h3-4,7-8,14H,5-6,9-10H2,1-2H3. The Bertz CT molecular complexity index is 996. The first-order valence-electron chi connectivity index (χ1n) is 8.56. The lowest BCUT2D eigenvalue weighted by Crippen LogP contribution is -2.14. The number of carbonyl (C=O) groups excluding carboxylic acids is 1. The van der Waals surface area contributed by atoms with Gasteiger partial charge in [0.1, 0.15) is 0 Å². The van der Waals surface area contributed by atoms with Gasteiger partial charge in [0, 0.05) is 29.2 Å². The molecule has 28 heavy (non-hydrogen) atoms. The molecule has 1 atom stereocenters. The van der Waals surface area contributed by atoms with Crippen molar-refractivity contribution < 1.29 is 26.4 Å². The van der Waals surface area contributed by atoms with Crippen molar-refractivity contribution in [2.45, 2.75) is 37.5 Å². The molecule has 1 fully saturated rings. The van der Waals surface area contributed by atoms with E-state index >= 15 is 0 Å². The van der Waals surface area contributed by atoms with Gasteiger partial charge in [0.15, 0.2) is 15.6 Å². The molecule has 3 rings (SSSR count). The lowest BCUT2D eigenvalue weighted by Gasteiger charge is -2.16. The number of Topliss-reactive ketones (excluding diaryl/α,β-unsaturated/α-hetero) is 1. The Morgan fingerprint density at radius 2 is 2.04 bits per heavy atom. The van der Waals surface area contributed by atoms with Crippen molar-refractivity contribution in [1.29, 1.82) is 0 Å². The number of aromatic nitrogens is 2. The van der Waals surface area contributed by atoms with Crippen LogP contribution in [0.5, 0.6) is 0 Å². The molecule has 2 aromatic rings. The fourth-order valence-corrected chi connectivity index (χ4v) is 5.88. The van der Waals surface area contributed by atoms with Gasteiger partial charge in [0.2, 0.25) is 0 Å². The van der Waals surface area contributed by atoms with E-state index in [1.54, 1.807) is 13.0 Å². The summed E-state index contributed by atoms with van der Waals surface area (Å²) in [6, 6.07) is 3.75. The minimum atomic E-state index is -4.45. The molecule has 5 nitrogen and oxygen atoms in total. The van der Waals surface area contributed by atoms with Gasteiger partial charge in [0.05, 0.1) is 27.8 Å². The van der Waals surface area contributed by atoms with Gasteiger partial charge in [-0.15, -0.1) is 0 Å². The number of rotatable bonds is 5. The Kier molecular flexibility index (Phi) is 5.64. The maximum absolute atomic E-state index is 12.6. The van der Waals surface area contributed by atoms with Gasteiger partial charge in [-0.1, -0.05) is 11.8 Å². The van der Waals surface area contributed by atoms with Crippen LogP contribution in [0, 0.1) is 13.8 Å². The third kappa shape index (κ3) is 4.43. The summed E-state index contributed by atoms with van der Waals surface area (Å²) in [5.74, 6) is 0.0761. The van der Waals surface area contributed by atoms with Gasteiger partial charge in [-0.05, 0) is 38.5 Å². The number of nitrogens with zero attached hydrogens (tertiary/aromatic N) is 2. The summed E-state index contributed by atoms with van der Waals surface area (Å²) >= 11 is 1.07. The van der Waals surface area contributed by atoms with Crippen molar-refractivity contribution in [3.8, 4) is 0 Å². The van der Waals surface area contributed by atoms with Crippen LogP contribution in [0.1, 0.15) is 39.8 Å². The molecule has 152 valence electrons. The van der Waals surface area contributed by atoms with Crippen LogP contribution >= 0.6 is 11.8 Å². The predicted octanol–water partition coefficient (Wildman–Crippen LogP) is 3.85. The second-order valence-corrected chi connectivity index (χ2v) is 10.0. The van der Waals surface area contributed by atoms with Crippen molar-refractivity contribution in [1.82, 2.24) is 9.55 Å². The summed E-state index contributed by atoms with van der Waals surface area (Å²) in [7, 11) is -3.05. The first kappa shape index (κ1) is 20.9. The van der Waals surface area contributed by atoms with Crippen LogP contribution in [0.15, 0.2) is 29.4 Å². The predicted molar refractivity (Wildman–Crippen MR) is 101 cm³/mol. The van der Waals surface area contributed by atoms with Gasteiger partial charge >= 0.3 is 6.18 Å². The normalized spacial score (nSPS) is 19.1. The number of carbonyl (C=O) groups is 1. The zero-order valence-corrected chi connectivity index (χ0v) is 16.9. The molecule has 2 aromatic heterocycles. The van der Waals surface area contributed by atoms with Gasteiger partial charge in [0.25, 0.3) is 0 Å². The minimum absolute atomic E-state index is 0.0334. The number of thioether (sulfide) groups is 1. The SMILES string of the molecule is Cc1cc(C(=O)CSc2ccc(C(F)(F)F)cn2)c(C)n1C1CCS(=O)(=O)C1. The molecule has 0 aromatic carbocycles. The highest BCUT2D eigenvalue weighted by Crippen LogP contribution is 2.31. The number of ketones is 1. The first-order chi connectivity index (χ1) is 13.0. The number of hydrogen-bond acceptors (Lipinski definition) is 5. The molecule has 3 heterocycles. The number of halogens is 3. The van der Waals surface area contributed by atoms with Crippen molar-refractivity contribution in [3.63, 3.8) is 0 Å². The topological polar surface area (TPSA) is 69.0 Å². The Morgan fingerprint density at radius 1 is 1.32 bits per heavy atom. The van der Waals surface area contributed by atoms with E-state index < -0.39 is 21.6 Å². The van der Waals surface area contributed by atoms with Crippen LogP contribution in [0.25, 0.3) is 0 Å². The molecule has 0 bridgehead atoms. The quantitative estimate of drug-likeness (QED) is 0.530. The highest BCUT2D eigenvalue weighted by Gasteiger charge is 2.32. The molecule has 0 saturated carbocycles. The molecule has 0 amide bonds. The molecule has 10 heteroatoms. The Labute approximate surface area is 165 Å². The molecule has 1 saturated heterocycles. The van der Waals surface area contributed by atoms with E-state index in [-0.39, 0.29) is 29.1 Å². The average Bonchev–Trinajstić information content (AvgIpc) is 3.10. The van der Waals surface area contributed by atoms with Crippen molar-refractivity contribution in [2.24, 2.45) is 0 Å². The van der Waals surface area contributed by atoms with Crippen LogP contribution in [-0.4, -0.2) is 41.0 Å². The molecule has 1 unspecified atom stereocenters. The van der Waals surface area contributed by atoms with Crippen molar-refractivity contribution in [3.05, 3.63) is 46.9 Å². The number of alkyl halides is 3. The molecular weight excluding hydrogens is 413 g/mol. The van der Waals surface area contributed by atoms with Crippen molar-refractivity contribution >= 4 is 27.4 Å². The number of pyridine rings is 1. The van der Waals surface area contributed by atoms with E-state index in [9.17, 15) is 26.4 Å². The van der Waals surface area contributed by atoms with E-state index in [1.807, 2.05) is 11.5 Å². The fraction of sp³-hybridized carbons (Fsp3) is 0.444. The van der Waals surface area contributed by atoms with E-state index in [0.29, 0.717) is 22.7 Å². The van der Waals surface area contributed by atoms with Crippen LogP contribution in [0.4, 0.5) is 13.2 Å². The summed E-state index contributed by atoms with van der Waals surface area (Å²) < 4.78 is 63.1. The van der Waals surface area contributed by atoms with Gasteiger partial charge < -0.3 is 4.57 Å². The van der Waals surface area contributed by atoms with Gasteiger partial charge in [-0.3, -0.25) is 4.79 Å². The highest BCUT2D eigenvalue weighted by molar-refractivity contribution is 7.99. The Hall–Kier alpha value is -1.81.